The van der Waals surface area contributed by atoms with Gasteiger partial charge in [0.05, 0.1) is 0 Å². The normalized spacial score (nSPS) is 24.7. The number of likely N-dealkylation sites (tertiary alicyclic amines) is 1. The molecule has 0 radical (unpaired) electrons. The Morgan fingerprint density at radius 2 is 2.17 bits per heavy atom. The summed E-state index contributed by atoms with van der Waals surface area (Å²) in [6.45, 7) is 3.21. The lowest BCUT2D eigenvalue weighted by molar-refractivity contribution is 0.317. The molecule has 1 saturated carbocycles. The van der Waals surface area contributed by atoms with E-state index in [9.17, 15) is 4.39 Å². The van der Waals surface area contributed by atoms with Crippen LogP contribution in [0.15, 0.2) is 22.7 Å². The molecule has 1 aliphatic heterocycles. The van der Waals surface area contributed by atoms with Crippen molar-refractivity contribution in [3.63, 3.8) is 0 Å². The second kappa shape index (κ2) is 5.27. The van der Waals surface area contributed by atoms with Gasteiger partial charge in [0, 0.05) is 36.2 Å². The van der Waals surface area contributed by atoms with Gasteiger partial charge in [-0.2, -0.15) is 0 Å². The third kappa shape index (κ3) is 2.92. The Morgan fingerprint density at radius 3 is 2.89 bits per heavy atom. The van der Waals surface area contributed by atoms with Gasteiger partial charge in [-0.05, 0) is 37.0 Å². The monoisotopic (exact) mass is 312 g/mol. The van der Waals surface area contributed by atoms with E-state index in [4.69, 9.17) is 0 Å². The fourth-order valence-corrected chi connectivity index (χ4v) is 3.14. The van der Waals surface area contributed by atoms with Crippen molar-refractivity contribution in [3.8, 4) is 0 Å². The third-order valence-corrected chi connectivity index (χ3v) is 4.62. The molecule has 2 fully saturated rings. The Balaban J connectivity index is 1.51. The second-order valence-corrected chi connectivity index (χ2v) is 6.18. The van der Waals surface area contributed by atoms with Crippen molar-refractivity contribution in [3.05, 3.63) is 34.1 Å². The molecule has 1 saturated heterocycles. The highest BCUT2D eigenvalue weighted by molar-refractivity contribution is 9.10. The van der Waals surface area contributed by atoms with E-state index in [1.165, 1.54) is 44.5 Å². The molecule has 1 atom stereocenters. The standard InChI is InChI=1S/C14H18BrFN2/c15-14-7-11(16)2-1-10(14)8-17-12-5-6-18(9-12)13-3-4-13/h1-2,7,12-13,17H,3-6,8-9H2. The number of nitrogens with one attached hydrogen (secondary N) is 1. The minimum atomic E-state index is -0.189. The van der Waals surface area contributed by atoms with Crippen LogP contribution in [-0.4, -0.2) is 30.1 Å². The summed E-state index contributed by atoms with van der Waals surface area (Å²) in [6.07, 6.45) is 4.00. The summed E-state index contributed by atoms with van der Waals surface area (Å²) in [4.78, 5) is 2.59. The van der Waals surface area contributed by atoms with Crippen LogP contribution >= 0.6 is 15.9 Å². The molecule has 0 aromatic heterocycles. The Kier molecular flexibility index (Phi) is 3.68. The molecule has 98 valence electrons. The summed E-state index contributed by atoms with van der Waals surface area (Å²) in [6, 6.07) is 6.35. The molecule has 2 nitrogen and oxygen atoms in total. The van der Waals surface area contributed by atoms with Crippen LogP contribution in [0.25, 0.3) is 0 Å². The third-order valence-electron chi connectivity index (χ3n) is 3.88. The van der Waals surface area contributed by atoms with Gasteiger partial charge in [0.15, 0.2) is 0 Å². The maximum Gasteiger partial charge on any atom is 0.124 e. The molecule has 3 rings (SSSR count). The first-order valence-corrected chi connectivity index (χ1v) is 7.43. The minimum Gasteiger partial charge on any atom is -0.309 e. The summed E-state index contributed by atoms with van der Waals surface area (Å²) in [5.41, 5.74) is 1.13. The number of halogens is 2. The van der Waals surface area contributed by atoms with E-state index in [0.29, 0.717) is 6.04 Å². The highest BCUT2D eigenvalue weighted by atomic mass is 79.9. The summed E-state index contributed by atoms with van der Waals surface area (Å²) >= 11 is 3.41. The van der Waals surface area contributed by atoms with Crippen molar-refractivity contribution < 1.29 is 4.39 Å². The van der Waals surface area contributed by atoms with Gasteiger partial charge in [0.25, 0.3) is 0 Å². The SMILES string of the molecule is Fc1ccc(CNC2CCN(C3CC3)C2)c(Br)c1. The van der Waals surface area contributed by atoms with Crippen LogP contribution in [0.5, 0.6) is 0 Å². The first-order valence-electron chi connectivity index (χ1n) is 6.64. The number of benzene rings is 1. The number of rotatable bonds is 4. The lowest BCUT2D eigenvalue weighted by atomic mass is 10.2. The van der Waals surface area contributed by atoms with Gasteiger partial charge >= 0.3 is 0 Å². The van der Waals surface area contributed by atoms with Gasteiger partial charge in [-0.15, -0.1) is 0 Å². The van der Waals surface area contributed by atoms with E-state index in [2.05, 4.69) is 26.1 Å². The van der Waals surface area contributed by atoms with Gasteiger partial charge < -0.3 is 5.32 Å². The van der Waals surface area contributed by atoms with Gasteiger partial charge in [0.2, 0.25) is 0 Å². The predicted octanol–water partition coefficient (Wildman–Crippen LogP) is 2.91. The van der Waals surface area contributed by atoms with E-state index >= 15 is 0 Å². The van der Waals surface area contributed by atoms with Crippen LogP contribution in [-0.2, 0) is 6.54 Å². The van der Waals surface area contributed by atoms with E-state index in [-0.39, 0.29) is 5.82 Å². The Bertz CT molecular complexity index is 434. The van der Waals surface area contributed by atoms with Crippen molar-refractivity contribution in [2.24, 2.45) is 0 Å². The lowest BCUT2D eigenvalue weighted by Crippen LogP contribution is -2.32. The van der Waals surface area contributed by atoms with E-state index in [1.807, 2.05) is 6.07 Å². The fraction of sp³-hybridized carbons (Fsp3) is 0.571. The molecular weight excluding hydrogens is 295 g/mol. The summed E-state index contributed by atoms with van der Waals surface area (Å²) in [5.74, 6) is -0.189. The van der Waals surface area contributed by atoms with Crippen molar-refractivity contribution in [1.82, 2.24) is 10.2 Å². The molecule has 1 unspecified atom stereocenters. The topological polar surface area (TPSA) is 15.3 Å². The van der Waals surface area contributed by atoms with Gasteiger partial charge in [0.1, 0.15) is 5.82 Å². The lowest BCUT2D eigenvalue weighted by Gasteiger charge is -2.16. The molecule has 0 amide bonds. The first kappa shape index (κ1) is 12.6. The van der Waals surface area contributed by atoms with E-state index in [1.54, 1.807) is 0 Å². The number of nitrogens with zero attached hydrogens (tertiary/aromatic N) is 1. The molecule has 1 aliphatic carbocycles. The summed E-state index contributed by atoms with van der Waals surface area (Å²) < 4.78 is 13.8. The highest BCUT2D eigenvalue weighted by Crippen LogP contribution is 2.30. The molecular formula is C14H18BrFN2. The summed E-state index contributed by atoms with van der Waals surface area (Å²) in [5, 5.41) is 3.58. The van der Waals surface area contributed by atoms with Crippen LogP contribution in [0.2, 0.25) is 0 Å². The van der Waals surface area contributed by atoms with Crippen LogP contribution in [0.4, 0.5) is 4.39 Å². The zero-order chi connectivity index (χ0) is 12.5. The zero-order valence-corrected chi connectivity index (χ0v) is 11.9. The van der Waals surface area contributed by atoms with E-state index in [0.717, 1.165) is 22.6 Å². The molecule has 1 heterocycles. The maximum atomic E-state index is 13.0. The van der Waals surface area contributed by atoms with Crippen molar-refractivity contribution in [2.75, 3.05) is 13.1 Å². The predicted molar refractivity (Wildman–Crippen MR) is 73.9 cm³/mol. The zero-order valence-electron chi connectivity index (χ0n) is 10.3. The highest BCUT2D eigenvalue weighted by Gasteiger charge is 2.34. The Hall–Kier alpha value is -0.450. The molecule has 1 aromatic rings. The largest absolute Gasteiger partial charge is 0.309 e. The van der Waals surface area contributed by atoms with E-state index < -0.39 is 0 Å². The molecule has 0 spiro atoms. The quantitative estimate of drug-likeness (QED) is 0.919. The van der Waals surface area contributed by atoms with Crippen LogP contribution in [0.3, 0.4) is 0 Å². The molecule has 1 aromatic carbocycles. The molecule has 0 bridgehead atoms. The summed E-state index contributed by atoms with van der Waals surface area (Å²) in [7, 11) is 0. The molecule has 1 N–H and O–H groups in total. The van der Waals surface area contributed by atoms with Crippen molar-refractivity contribution >= 4 is 15.9 Å². The fourth-order valence-electron chi connectivity index (χ4n) is 2.64. The maximum absolute atomic E-state index is 13.0. The average molecular weight is 313 g/mol. The van der Waals surface area contributed by atoms with Crippen LogP contribution < -0.4 is 5.32 Å². The first-order chi connectivity index (χ1) is 8.72. The van der Waals surface area contributed by atoms with Gasteiger partial charge in [-0.25, -0.2) is 4.39 Å². The number of hydrogen-bond acceptors (Lipinski definition) is 2. The van der Waals surface area contributed by atoms with Gasteiger partial charge in [-0.1, -0.05) is 22.0 Å². The smallest absolute Gasteiger partial charge is 0.124 e. The van der Waals surface area contributed by atoms with Crippen LogP contribution in [0.1, 0.15) is 24.8 Å². The molecule has 18 heavy (non-hydrogen) atoms. The van der Waals surface area contributed by atoms with Crippen molar-refractivity contribution in [2.45, 2.75) is 37.9 Å². The minimum absolute atomic E-state index is 0.189. The van der Waals surface area contributed by atoms with Crippen molar-refractivity contribution in [1.29, 1.82) is 0 Å². The Morgan fingerprint density at radius 1 is 1.33 bits per heavy atom. The Labute approximate surface area is 116 Å². The molecule has 2 aliphatic rings. The van der Waals surface area contributed by atoms with Gasteiger partial charge in [-0.3, -0.25) is 4.90 Å². The second-order valence-electron chi connectivity index (χ2n) is 5.33. The number of hydrogen-bond donors (Lipinski definition) is 1. The average Bonchev–Trinajstić information content (AvgIpc) is 3.08. The van der Waals surface area contributed by atoms with Crippen LogP contribution in [0, 0.1) is 5.82 Å². The molecule has 4 heteroatoms.